The summed E-state index contributed by atoms with van der Waals surface area (Å²) in [5.74, 6) is -2.95. The molecule has 13 heavy (non-hydrogen) atoms. The minimum absolute atomic E-state index is 0.180. The van der Waals surface area contributed by atoms with E-state index in [1.807, 2.05) is 0 Å². The van der Waals surface area contributed by atoms with E-state index in [0.717, 1.165) is 0 Å². The number of carbonyl (C=O) groups is 2. The number of amides is 1. The van der Waals surface area contributed by atoms with Gasteiger partial charge in [0, 0.05) is 0 Å². The van der Waals surface area contributed by atoms with E-state index in [2.05, 4.69) is 0 Å². The number of nitrogens with one attached hydrogen (secondary N) is 1. The van der Waals surface area contributed by atoms with Crippen LogP contribution in [0.25, 0.3) is 0 Å². The van der Waals surface area contributed by atoms with Crippen LogP contribution in [0.3, 0.4) is 0 Å². The van der Waals surface area contributed by atoms with Gasteiger partial charge in [-0.15, -0.1) is 0 Å². The molecule has 6 heteroatoms. The first-order chi connectivity index (χ1) is 6.02. The molecule has 0 aromatic heterocycles. The maximum atomic E-state index is 11.7. The molecule has 1 unspecified atom stereocenters. The first-order valence-corrected chi connectivity index (χ1v) is 3.83. The summed E-state index contributed by atoms with van der Waals surface area (Å²) in [5.41, 5.74) is 0. The van der Waals surface area contributed by atoms with Gasteiger partial charge in [-0.2, -0.15) is 8.78 Å². The van der Waals surface area contributed by atoms with Crippen LogP contribution in [0.4, 0.5) is 8.78 Å². The van der Waals surface area contributed by atoms with Crippen LogP contribution in [0.5, 0.6) is 0 Å². The van der Waals surface area contributed by atoms with E-state index in [4.69, 9.17) is 5.11 Å². The summed E-state index contributed by atoms with van der Waals surface area (Å²) in [4.78, 5) is 20.9. The highest BCUT2D eigenvalue weighted by atomic mass is 19.3. The number of alkyl halides is 2. The highest BCUT2D eigenvalue weighted by Gasteiger charge is 2.38. The monoisotopic (exact) mass is 193 g/mol. The molecular formula is C7H9F2NO3. The first-order valence-electron chi connectivity index (χ1n) is 3.83. The molecule has 4 nitrogen and oxygen atoms in total. The molecule has 1 amide bonds. The van der Waals surface area contributed by atoms with Crippen molar-refractivity contribution in [1.82, 2.24) is 5.32 Å². The molecule has 1 aliphatic carbocycles. The minimum atomic E-state index is -3.15. The van der Waals surface area contributed by atoms with Crippen LogP contribution in [-0.4, -0.2) is 29.5 Å². The highest BCUT2D eigenvalue weighted by Crippen LogP contribution is 2.32. The Kier molecular flexibility index (Phi) is 2.79. The smallest absolute Gasteiger partial charge is 0.326 e. The molecule has 1 aliphatic rings. The standard InChI is InChI=1S/C7H9F2NO3/c8-5(9)6(11)10-4(7(12)13)3-1-2-3/h3-5H,1-2H2,(H,10,11)(H,12,13). The van der Waals surface area contributed by atoms with Crippen molar-refractivity contribution in [2.24, 2.45) is 5.92 Å². The minimum Gasteiger partial charge on any atom is -0.480 e. The predicted molar refractivity (Wildman–Crippen MR) is 38.3 cm³/mol. The van der Waals surface area contributed by atoms with Crippen molar-refractivity contribution >= 4 is 11.9 Å². The molecular weight excluding hydrogens is 184 g/mol. The third-order valence-corrected chi connectivity index (χ3v) is 1.86. The average molecular weight is 193 g/mol. The maximum absolute atomic E-state index is 11.7. The van der Waals surface area contributed by atoms with Crippen molar-refractivity contribution in [1.29, 1.82) is 0 Å². The van der Waals surface area contributed by atoms with Crippen molar-refractivity contribution in [2.75, 3.05) is 0 Å². The fourth-order valence-corrected chi connectivity index (χ4v) is 1.03. The second-order valence-corrected chi connectivity index (χ2v) is 2.96. The van der Waals surface area contributed by atoms with Gasteiger partial charge in [0.05, 0.1) is 0 Å². The van der Waals surface area contributed by atoms with Crippen LogP contribution in [0.2, 0.25) is 0 Å². The van der Waals surface area contributed by atoms with Crippen LogP contribution < -0.4 is 5.32 Å². The molecule has 0 radical (unpaired) electrons. The Labute approximate surface area is 72.9 Å². The molecule has 0 aromatic carbocycles. The van der Waals surface area contributed by atoms with Gasteiger partial charge in [-0.25, -0.2) is 4.79 Å². The number of carbonyl (C=O) groups excluding carboxylic acids is 1. The van der Waals surface area contributed by atoms with Crippen LogP contribution in [0.1, 0.15) is 12.8 Å². The fraction of sp³-hybridized carbons (Fsp3) is 0.714. The summed E-state index contributed by atoms with van der Waals surface area (Å²) in [5, 5.41) is 10.3. The lowest BCUT2D eigenvalue weighted by Crippen LogP contribution is -2.44. The quantitative estimate of drug-likeness (QED) is 0.671. The van der Waals surface area contributed by atoms with E-state index in [1.165, 1.54) is 0 Å². The number of hydrogen-bond donors (Lipinski definition) is 2. The van der Waals surface area contributed by atoms with Gasteiger partial charge in [0.25, 0.3) is 5.91 Å². The second-order valence-electron chi connectivity index (χ2n) is 2.96. The average Bonchev–Trinajstić information content (AvgIpc) is 2.81. The lowest BCUT2D eigenvalue weighted by Gasteiger charge is -2.12. The summed E-state index contributed by atoms with van der Waals surface area (Å²) in [7, 11) is 0. The molecule has 1 rings (SSSR count). The third-order valence-electron chi connectivity index (χ3n) is 1.86. The van der Waals surface area contributed by atoms with Gasteiger partial charge >= 0.3 is 12.4 Å². The summed E-state index contributed by atoms with van der Waals surface area (Å²) in [6.07, 6.45) is -1.82. The Bertz CT molecular complexity index is 228. The van der Waals surface area contributed by atoms with Gasteiger partial charge in [0.1, 0.15) is 6.04 Å². The van der Waals surface area contributed by atoms with Gasteiger partial charge in [0.15, 0.2) is 0 Å². The molecule has 0 saturated heterocycles. The zero-order valence-corrected chi connectivity index (χ0v) is 6.67. The zero-order chi connectivity index (χ0) is 10.0. The van der Waals surface area contributed by atoms with E-state index >= 15 is 0 Å². The number of halogens is 2. The van der Waals surface area contributed by atoms with E-state index in [0.29, 0.717) is 12.8 Å². The first kappa shape index (κ1) is 9.88. The fourth-order valence-electron chi connectivity index (χ4n) is 1.03. The summed E-state index contributed by atoms with van der Waals surface area (Å²) >= 11 is 0. The molecule has 0 spiro atoms. The van der Waals surface area contributed by atoms with Crippen LogP contribution >= 0.6 is 0 Å². The molecule has 1 fully saturated rings. The van der Waals surface area contributed by atoms with Gasteiger partial charge in [-0.05, 0) is 18.8 Å². The highest BCUT2D eigenvalue weighted by molar-refractivity contribution is 5.85. The summed E-state index contributed by atoms with van der Waals surface area (Å²) in [6, 6.07) is -1.15. The Morgan fingerprint density at radius 1 is 1.38 bits per heavy atom. The van der Waals surface area contributed by atoms with Crippen molar-refractivity contribution in [3.8, 4) is 0 Å². The molecule has 0 heterocycles. The second kappa shape index (κ2) is 3.68. The number of carboxylic acids is 1. The van der Waals surface area contributed by atoms with E-state index in [9.17, 15) is 18.4 Å². The molecule has 2 N–H and O–H groups in total. The lowest BCUT2D eigenvalue weighted by molar-refractivity contribution is -0.144. The Morgan fingerprint density at radius 3 is 2.23 bits per heavy atom. The topological polar surface area (TPSA) is 66.4 Å². The lowest BCUT2D eigenvalue weighted by atomic mass is 10.2. The van der Waals surface area contributed by atoms with E-state index in [-0.39, 0.29) is 5.92 Å². The zero-order valence-electron chi connectivity index (χ0n) is 6.67. The van der Waals surface area contributed by atoms with Gasteiger partial charge in [0.2, 0.25) is 0 Å². The Morgan fingerprint density at radius 2 is 1.92 bits per heavy atom. The SMILES string of the molecule is O=C(NC(C(=O)O)C1CC1)C(F)F. The summed E-state index contributed by atoms with van der Waals surface area (Å²) < 4.78 is 23.5. The van der Waals surface area contributed by atoms with Crippen molar-refractivity contribution < 1.29 is 23.5 Å². The van der Waals surface area contributed by atoms with Crippen molar-refractivity contribution in [3.63, 3.8) is 0 Å². The van der Waals surface area contributed by atoms with Crippen molar-refractivity contribution in [3.05, 3.63) is 0 Å². The normalized spacial score (nSPS) is 18.4. The Balaban J connectivity index is 2.47. The van der Waals surface area contributed by atoms with Crippen LogP contribution in [0.15, 0.2) is 0 Å². The number of carboxylic acid groups (broad SMARTS) is 1. The van der Waals surface area contributed by atoms with Crippen molar-refractivity contribution in [2.45, 2.75) is 25.3 Å². The molecule has 0 aliphatic heterocycles. The Hall–Kier alpha value is -1.20. The van der Waals surface area contributed by atoms with Crippen LogP contribution in [0, 0.1) is 5.92 Å². The third kappa shape index (κ3) is 2.64. The van der Waals surface area contributed by atoms with E-state index in [1.54, 1.807) is 5.32 Å². The van der Waals surface area contributed by atoms with Gasteiger partial charge in [-0.1, -0.05) is 0 Å². The largest absolute Gasteiger partial charge is 0.480 e. The number of hydrogen-bond acceptors (Lipinski definition) is 2. The number of rotatable bonds is 4. The predicted octanol–water partition coefficient (Wildman–Crippen LogP) is 0.231. The molecule has 1 saturated carbocycles. The molecule has 74 valence electrons. The van der Waals surface area contributed by atoms with E-state index < -0.39 is 24.3 Å². The maximum Gasteiger partial charge on any atom is 0.326 e. The van der Waals surface area contributed by atoms with Crippen LogP contribution in [-0.2, 0) is 9.59 Å². The number of aliphatic carboxylic acids is 1. The summed E-state index contributed by atoms with van der Waals surface area (Å²) in [6.45, 7) is 0. The molecule has 1 atom stereocenters. The molecule has 0 aromatic rings. The van der Waals surface area contributed by atoms with Gasteiger partial charge < -0.3 is 10.4 Å². The van der Waals surface area contributed by atoms with Gasteiger partial charge in [-0.3, -0.25) is 4.79 Å². The molecule has 0 bridgehead atoms.